The quantitative estimate of drug-likeness (QED) is 0.729. The Bertz CT molecular complexity index is 340. The molecule has 2 N–H and O–H groups in total. The molecule has 1 aliphatic heterocycles. The zero-order valence-electron chi connectivity index (χ0n) is 8.33. The van der Waals surface area contributed by atoms with Gasteiger partial charge in [-0.25, -0.2) is 4.98 Å². The molecule has 0 bridgehead atoms. The molecule has 0 radical (unpaired) electrons. The summed E-state index contributed by atoms with van der Waals surface area (Å²) in [6.45, 7) is 4.38. The number of pyridine rings is 1. The molecule has 2 aliphatic rings. The lowest BCUT2D eigenvalue weighted by Crippen LogP contribution is -2.21. The molecular weight excluding hydrogens is 174 g/mol. The van der Waals surface area contributed by atoms with Crippen LogP contribution < -0.4 is 10.6 Å². The van der Waals surface area contributed by atoms with Gasteiger partial charge in [-0.15, -0.1) is 0 Å². The van der Waals surface area contributed by atoms with Crippen molar-refractivity contribution in [2.75, 3.05) is 18.4 Å². The lowest BCUT2D eigenvalue weighted by Gasteiger charge is -2.08. The van der Waals surface area contributed by atoms with Crippen molar-refractivity contribution in [2.45, 2.75) is 13.0 Å². The molecule has 1 aromatic heterocycles. The third-order valence-electron chi connectivity index (χ3n) is 3.29. The molecule has 1 aliphatic carbocycles. The monoisotopic (exact) mass is 189 g/mol. The minimum atomic E-state index is 0.672. The third-order valence-corrected chi connectivity index (χ3v) is 3.29. The molecule has 0 amide bonds. The van der Waals surface area contributed by atoms with Gasteiger partial charge in [0.1, 0.15) is 5.82 Å². The molecule has 14 heavy (non-hydrogen) atoms. The molecule has 1 aromatic rings. The van der Waals surface area contributed by atoms with Crippen LogP contribution in [0.1, 0.15) is 5.69 Å². The summed E-state index contributed by atoms with van der Waals surface area (Å²) in [5.74, 6) is 2.72. The number of piperidine rings is 1. The Hall–Kier alpha value is -1.09. The molecule has 0 aromatic carbocycles. The van der Waals surface area contributed by atoms with Crippen molar-refractivity contribution in [1.82, 2.24) is 10.3 Å². The Kier molecular flexibility index (Phi) is 1.74. The summed E-state index contributed by atoms with van der Waals surface area (Å²) in [5.41, 5.74) is 1.08. The maximum Gasteiger partial charge on any atom is 0.126 e. The minimum absolute atomic E-state index is 0.672. The van der Waals surface area contributed by atoms with Gasteiger partial charge in [-0.2, -0.15) is 0 Å². The van der Waals surface area contributed by atoms with Crippen LogP contribution in [0, 0.1) is 18.8 Å². The van der Waals surface area contributed by atoms with Crippen molar-refractivity contribution in [3.63, 3.8) is 0 Å². The molecule has 2 heterocycles. The molecule has 0 spiro atoms. The van der Waals surface area contributed by atoms with Gasteiger partial charge in [0.15, 0.2) is 0 Å². The van der Waals surface area contributed by atoms with E-state index < -0.39 is 0 Å². The lowest BCUT2D eigenvalue weighted by atomic mass is 10.3. The summed E-state index contributed by atoms with van der Waals surface area (Å²) in [6.07, 6.45) is 0. The van der Waals surface area contributed by atoms with Crippen LogP contribution in [0.4, 0.5) is 5.82 Å². The van der Waals surface area contributed by atoms with Crippen LogP contribution in [-0.2, 0) is 0 Å². The number of nitrogens with zero attached hydrogens (tertiary/aromatic N) is 1. The minimum Gasteiger partial charge on any atom is -0.367 e. The predicted molar refractivity (Wildman–Crippen MR) is 56.2 cm³/mol. The Balaban J connectivity index is 1.68. The van der Waals surface area contributed by atoms with Crippen LogP contribution in [0.5, 0.6) is 0 Å². The van der Waals surface area contributed by atoms with Gasteiger partial charge in [0.05, 0.1) is 0 Å². The number of rotatable bonds is 2. The summed E-state index contributed by atoms with van der Waals surface area (Å²) in [5, 5.41) is 6.90. The molecule has 74 valence electrons. The zero-order chi connectivity index (χ0) is 9.54. The van der Waals surface area contributed by atoms with Gasteiger partial charge >= 0.3 is 0 Å². The van der Waals surface area contributed by atoms with Crippen molar-refractivity contribution < 1.29 is 0 Å². The Labute approximate surface area is 83.9 Å². The molecule has 2 atom stereocenters. The van der Waals surface area contributed by atoms with E-state index in [4.69, 9.17) is 0 Å². The van der Waals surface area contributed by atoms with E-state index in [0.717, 1.165) is 23.3 Å². The molecule has 1 saturated heterocycles. The number of anilines is 1. The fourth-order valence-electron chi connectivity index (χ4n) is 2.43. The van der Waals surface area contributed by atoms with Crippen LogP contribution in [0.2, 0.25) is 0 Å². The second kappa shape index (κ2) is 2.95. The van der Waals surface area contributed by atoms with Crippen LogP contribution >= 0.6 is 0 Å². The van der Waals surface area contributed by atoms with Gasteiger partial charge in [0.25, 0.3) is 0 Å². The van der Waals surface area contributed by atoms with Gasteiger partial charge in [-0.05, 0) is 30.9 Å². The molecule has 1 saturated carbocycles. The van der Waals surface area contributed by atoms with Crippen LogP contribution in [0.3, 0.4) is 0 Å². The summed E-state index contributed by atoms with van der Waals surface area (Å²) in [7, 11) is 0. The third kappa shape index (κ3) is 1.28. The van der Waals surface area contributed by atoms with Gasteiger partial charge in [-0.1, -0.05) is 6.07 Å². The summed E-state index contributed by atoms with van der Waals surface area (Å²) in [4.78, 5) is 4.45. The van der Waals surface area contributed by atoms with E-state index in [1.165, 1.54) is 13.1 Å². The van der Waals surface area contributed by atoms with Crippen molar-refractivity contribution in [2.24, 2.45) is 11.8 Å². The number of nitrogens with one attached hydrogen (secondary N) is 2. The Morgan fingerprint density at radius 3 is 2.86 bits per heavy atom. The Morgan fingerprint density at radius 1 is 1.36 bits per heavy atom. The van der Waals surface area contributed by atoms with E-state index in [-0.39, 0.29) is 0 Å². The van der Waals surface area contributed by atoms with Crippen LogP contribution in [0.15, 0.2) is 18.2 Å². The first kappa shape index (κ1) is 8.24. The average Bonchev–Trinajstić information content (AvgIpc) is 2.62. The Morgan fingerprint density at radius 2 is 2.14 bits per heavy atom. The van der Waals surface area contributed by atoms with E-state index in [1.807, 2.05) is 13.0 Å². The largest absolute Gasteiger partial charge is 0.367 e. The summed E-state index contributed by atoms with van der Waals surface area (Å²) < 4.78 is 0. The maximum atomic E-state index is 4.45. The molecule has 2 unspecified atom stereocenters. The summed E-state index contributed by atoms with van der Waals surface area (Å²) >= 11 is 0. The van der Waals surface area contributed by atoms with Crippen molar-refractivity contribution >= 4 is 5.82 Å². The topological polar surface area (TPSA) is 37.0 Å². The maximum absolute atomic E-state index is 4.45. The zero-order valence-corrected chi connectivity index (χ0v) is 8.33. The molecule has 3 rings (SSSR count). The first-order valence-electron chi connectivity index (χ1n) is 5.25. The van der Waals surface area contributed by atoms with Crippen molar-refractivity contribution in [3.8, 4) is 0 Å². The number of fused-ring (bicyclic) bond motifs is 1. The highest BCUT2D eigenvalue weighted by Gasteiger charge is 2.52. The highest BCUT2D eigenvalue weighted by atomic mass is 15.1. The van der Waals surface area contributed by atoms with E-state index in [0.29, 0.717) is 6.04 Å². The van der Waals surface area contributed by atoms with Crippen molar-refractivity contribution in [1.29, 1.82) is 0 Å². The van der Waals surface area contributed by atoms with E-state index in [1.54, 1.807) is 0 Å². The number of aromatic nitrogens is 1. The van der Waals surface area contributed by atoms with Crippen LogP contribution in [0.25, 0.3) is 0 Å². The van der Waals surface area contributed by atoms with Crippen LogP contribution in [-0.4, -0.2) is 24.1 Å². The van der Waals surface area contributed by atoms with Gasteiger partial charge in [0, 0.05) is 24.8 Å². The van der Waals surface area contributed by atoms with Gasteiger partial charge in [0.2, 0.25) is 0 Å². The molecular formula is C11H15N3. The number of aryl methyl sites for hydroxylation is 1. The summed E-state index contributed by atoms with van der Waals surface area (Å²) in [6, 6.07) is 6.81. The van der Waals surface area contributed by atoms with E-state index in [2.05, 4.69) is 27.8 Å². The first-order valence-corrected chi connectivity index (χ1v) is 5.25. The second-order valence-corrected chi connectivity index (χ2v) is 4.32. The number of hydrogen-bond acceptors (Lipinski definition) is 3. The first-order chi connectivity index (χ1) is 6.84. The molecule has 2 fully saturated rings. The normalized spacial score (nSPS) is 33.9. The van der Waals surface area contributed by atoms with E-state index >= 15 is 0 Å². The fourth-order valence-corrected chi connectivity index (χ4v) is 2.43. The smallest absolute Gasteiger partial charge is 0.126 e. The van der Waals surface area contributed by atoms with Crippen molar-refractivity contribution in [3.05, 3.63) is 23.9 Å². The van der Waals surface area contributed by atoms with Gasteiger partial charge < -0.3 is 10.6 Å². The number of hydrogen-bond donors (Lipinski definition) is 2. The second-order valence-electron chi connectivity index (χ2n) is 4.32. The average molecular weight is 189 g/mol. The SMILES string of the molecule is Cc1cccc(NC2C3CNCC32)n1. The van der Waals surface area contributed by atoms with Gasteiger partial charge in [-0.3, -0.25) is 0 Å². The predicted octanol–water partition coefficient (Wildman–Crippen LogP) is 1.02. The standard InChI is InChI=1S/C11H15N3/c1-7-3-2-4-10(13-7)14-11-8-5-12-6-9(8)11/h2-4,8-9,11-12H,5-6H2,1H3,(H,13,14). The van der Waals surface area contributed by atoms with E-state index in [9.17, 15) is 0 Å². The molecule has 3 nitrogen and oxygen atoms in total. The fraction of sp³-hybridized carbons (Fsp3) is 0.545. The highest BCUT2D eigenvalue weighted by Crippen LogP contribution is 2.43. The highest BCUT2D eigenvalue weighted by molar-refractivity contribution is 5.40. The molecule has 3 heteroatoms. The lowest BCUT2D eigenvalue weighted by molar-refractivity contribution is 0.695.